The van der Waals surface area contributed by atoms with Crippen LogP contribution in [0.5, 0.6) is 11.5 Å². The van der Waals surface area contributed by atoms with E-state index < -0.39 is 53.0 Å². The minimum Gasteiger partial charge on any atom is -0.431 e. The van der Waals surface area contributed by atoms with Crippen LogP contribution in [0, 0.1) is 0 Å². The third kappa shape index (κ3) is 8.06. The van der Waals surface area contributed by atoms with E-state index in [4.69, 9.17) is 4.84 Å². The van der Waals surface area contributed by atoms with Crippen LogP contribution < -0.4 is 15.0 Å². The van der Waals surface area contributed by atoms with E-state index in [1.807, 2.05) is 0 Å². The van der Waals surface area contributed by atoms with Gasteiger partial charge in [-0.2, -0.15) is 36.2 Å². The van der Waals surface area contributed by atoms with E-state index in [-0.39, 0.29) is 21.5 Å². The highest BCUT2D eigenvalue weighted by Crippen LogP contribution is 2.47. The van der Waals surface area contributed by atoms with Crippen LogP contribution in [0.2, 0.25) is 0 Å². The van der Waals surface area contributed by atoms with Crippen LogP contribution in [0.15, 0.2) is 71.3 Å². The Morgan fingerprint density at radius 1 is 1.05 bits per heavy atom. The summed E-state index contributed by atoms with van der Waals surface area (Å²) in [4.78, 5) is 12.8. The highest BCUT2D eigenvalue weighted by molar-refractivity contribution is 9.10. The van der Waals surface area contributed by atoms with Crippen molar-refractivity contribution in [3.05, 3.63) is 92.3 Å². The number of thiazole rings is 1. The van der Waals surface area contributed by atoms with E-state index in [9.17, 15) is 35.8 Å². The number of hydroxylamine groups is 1. The molecule has 0 fully saturated rings. The van der Waals surface area contributed by atoms with Crippen molar-refractivity contribution in [3.8, 4) is 11.5 Å². The maximum Gasteiger partial charge on any atom is 0.428 e. The van der Waals surface area contributed by atoms with Crippen molar-refractivity contribution in [2.45, 2.75) is 44.3 Å². The molecule has 3 rings (SSSR count). The zero-order valence-corrected chi connectivity index (χ0v) is 24.2. The van der Waals surface area contributed by atoms with Gasteiger partial charge in [-0.05, 0) is 64.7 Å². The lowest BCUT2D eigenvalue weighted by Gasteiger charge is -2.28. The Morgan fingerprint density at radius 2 is 1.74 bits per heavy atom. The Balaban J connectivity index is 2.16. The molecule has 3 aromatic rings. The molecule has 0 bridgehead atoms. The van der Waals surface area contributed by atoms with Gasteiger partial charge in [-0.3, -0.25) is 0 Å². The summed E-state index contributed by atoms with van der Waals surface area (Å²) in [7, 11) is 1.43. The minimum atomic E-state index is -5.20. The summed E-state index contributed by atoms with van der Waals surface area (Å²) in [5.41, 5.74) is -1.86. The summed E-state index contributed by atoms with van der Waals surface area (Å²) in [5, 5.41) is 10.3. The first kappa shape index (κ1) is 33.5. The molecule has 1 aromatic carbocycles. The number of hydrogen-bond acceptors (Lipinski definition) is 7. The third-order valence-corrected chi connectivity index (χ3v) is 7.56. The monoisotopic (exact) mass is 686 g/mol. The molecule has 0 saturated heterocycles. The number of benzene rings is 1. The second-order valence-corrected chi connectivity index (χ2v) is 10.3. The number of rotatable bonds is 13. The fourth-order valence-electron chi connectivity index (χ4n) is 3.88. The molecule has 0 spiro atoms. The molecule has 2 aromatic heterocycles. The van der Waals surface area contributed by atoms with Gasteiger partial charge >= 0.3 is 19.4 Å². The van der Waals surface area contributed by atoms with Crippen LogP contribution in [0.3, 0.4) is 0 Å². The summed E-state index contributed by atoms with van der Waals surface area (Å²) < 4.78 is 104. The quantitative estimate of drug-likeness (QED) is 0.0936. The maximum atomic E-state index is 14.4. The molecule has 2 atom stereocenters. The molecule has 0 aliphatic rings. The Morgan fingerprint density at radius 3 is 2.31 bits per heavy atom. The van der Waals surface area contributed by atoms with Crippen molar-refractivity contribution in [2.75, 3.05) is 7.11 Å². The Hall–Kier alpha value is -3.05. The predicted octanol–water partition coefficient (Wildman–Crippen LogP) is 6.41. The van der Waals surface area contributed by atoms with Crippen molar-refractivity contribution in [3.63, 3.8) is 0 Å². The van der Waals surface area contributed by atoms with Gasteiger partial charge in [0.15, 0.2) is 11.5 Å². The lowest BCUT2D eigenvalue weighted by atomic mass is 9.90. The first-order chi connectivity index (χ1) is 19.8. The van der Waals surface area contributed by atoms with Crippen molar-refractivity contribution in [2.24, 2.45) is 0 Å². The maximum absolute atomic E-state index is 14.4. The highest BCUT2D eigenvalue weighted by atomic mass is 79.9. The smallest absolute Gasteiger partial charge is 0.428 e. The molecule has 2 heterocycles. The predicted molar refractivity (Wildman–Crippen MR) is 141 cm³/mol. The number of halogens is 8. The summed E-state index contributed by atoms with van der Waals surface area (Å²) in [6.45, 7) is -5.01. The van der Waals surface area contributed by atoms with E-state index >= 15 is 0 Å². The van der Waals surface area contributed by atoms with Gasteiger partial charge in [0.1, 0.15) is 15.8 Å². The van der Waals surface area contributed by atoms with Gasteiger partial charge in [0.25, 0.3) is 0 Å². The van der Waals surface area contributed by atoms with Crippen molar-refractivity contribution in [1.29, 1.82) is 0 Å². The molecule has 0 saturated carbocycles. The largest absolute Gasteiger partial charge is 0.431 e. The average Bonchev–Trinajstić information content (AvgIpc) is 3.41. The highest BCUT2D eigenvalue weighted by Gasteiger charge is 2.58. The van der Waals surface area contributed by atoms with Gasteiger partial charge in [-0.15, -0.1) is 11.3 Å². The number of allylic oxidation sites excluding steroid dienone is 3. The van der Waals surface area contributed by atoms with E-state index in [1.54, 1.807) is 25.3 Å². The number of quaternary nitrogens is 1. The number of ether oxygens (including phenoxy) is 2. The van der Waals surface area contributed by atoms with E-state index in [1.165, 1.54) is 24.7 Å². The molecule has 2 unspecified atom stereocenters. The lowest BCUT2D eigenvalue weighted by molar-refractivity contribution is -0.842. The molecule has 0 radical (unpaired) electrons. The molecule has 228 valence electrons. The molecular weight excluding hydrogens is 663 g/mol. The molecular formula is C26H24BrF7N3O4S+. The first-order valence-electron chi connectivity index (χ1n) is 11.9. The topological polar surface area (TPSA) is 90.3 Å². The zero-order chi connectivity index (χ0) is 31.1. The van der Waals surface area contributed by atoms with Crippen LogP contribution >= 0.6 is 27.3 Å². The molecule has 0 amide bonds. The summed E-state index contributed by atoms with van der Waals surface area (Å²) in [5.74, 6) is -2.21. The minimum absolute atomic E-state index is 0.0969. The van der Waals surface area contributed by atoms with Crippen LogP contribution in [-0.2, 0) is 10.4 Å². The fourth-order valence-corrected chi connectivity index (χ4v) is 5.29. The summed E-state index contributed by atoms with van der Waals surface area (Å²) >= 11 is 3.58. The van der Waals surface area contributed by atoms with E-state index in [2.05, 4.69) is 35.4 Å². The van der Waals surface area contributed by atoms with Gasteiger partial charge in [0, 0.05) is 28.8 Å². The third-order valence-electron chi connectivity index (χ3n) is 5.87. The normalized spacial score (nSPS) is 14.9. The van der Waals surface area contributed by atoms with Gasteiger partial charge in [0.05, 0.1) is 7.11 Å². The molecule has 0 aliphatic heterocycles. The number of aliphatic hydroxyl groups is 1. The molecule has 7 nitrogen and oxygen atoms in total. The van der Waals surface area contributed by atoms with E-state index in [0.29, 0.717) is 16.9 Å². The fraction of sp³-hybridized carbons (Fsp3) is 0.308. The Labute approximate surface area is 247 Å². The number of hydrogen-bond donors (Lipinski definition) is 2. The first-order valence-corrected chi connectivity index (χ1v) is 13.5. The SMILES string of the molecule is C/C=C(\C=C/[NH2+]OC)CC(c1ccc(OC(F)F)c(OC(F)F)c1)c1cnc(C(O)(c2ccc(Br)nc2)C(F)(F)F)s1. The second-order valence-electron chi connectivity index (χ2n) is 8.46. The van der Waals surface area contributed by atoms with Crippen molar-refractivity contribution >= 4 is 27.3 Å². The van der Waals surface area contributed by atoms with Crippen molar-refractivity contribution < 1.29 is 55.6 Å². The van der Waals surface area contributed by atoms with Crippen LogP contribution in [0.4, 0.5) is 30.7 Å². The van der Waals surface area contributed by atoms with Gasteiger partial charge < -0.3 is 14.6 Å². The van der Waals surface area contributed by atoms with Crippen LogP contribution in [-0.4, -0.2) is 41.6 Å². The van der Waals surface area contributed by atoms with Crippen LogP contribution in [0.1, 0.15) is 40.3 Å². The summed E-state index contributed by atoms with van der Waals surface area (Å²) in [6.07, 6.45) is 1.82. The molecule has 3 N–H and O–H groups in total. The molecule has 16 heteroatoms. The van der Waals surface area contributed by atoms with Gasteiger partial charge in [-0.25, -0.2) is 14.8 Å². The standard InChI is InChI=1S/C26H23BrF7N3O4S/c1-3-14(8-9-37-39-2)10-17(15-4-6-18(40-23(28)29)19(11-15)41-24(30)31)20-13-36-22(42-20)25(38,26(32,33)34)16-5-7-21(27)35-12-16/h3-9,11-13,17,23-24,37-38H,10H2,1-2H3/p+1/b9-8-,14-3+. The number of nitrogens with two attached hydrogens (primary N) is 1. The number of aromatic nitrogens is 2. The number of alkyl halides is 7. The van der Waals surface area contributed by atoms with Gasteiger partial charge in [-0.1, -0.05) is 18.2 Å². The Kier molecular flexibility index (Phi) is 11.5. The lowest BCUT2D eigenvalue weighted by Crippen LogP contribution is -2.75. The summed E-state index contributed by atoms with van der Waals surface area (Å²) in [6, 6.07) is 5.62. The molecule has 0 aliphatic carbocycles. The van der Waals surface area contributed by atoms with Gasteiger partial charge in [0.2, 0.25) is 5.60 Å². The Bertz CT molecular complexity index is 1390. The zero-order valence-electron chi connectivity index (χ0n) is 21.8. The number of nitrogens with zero attached hydrogens (tertiary/aromatic N) is 2. The molecule has 42 heavy (non-hydrogen) atoms. The second kappa shape index (κ2) is 14.4. The average molecular weight is 687 g/mol. The van der Waals surface area contributed by atoms with E-state index in [0.717, 1.165) is 30.6 Å². The van der Waals surface area contributed by atoms with Crippen LogP contribution in [0.25, 0.3) is 0 Å². The number of pyridine rings is 1. The van der Waals surface area contributed by atoms with Crippen molar-refractivity contribution in [1.82, 2.24) is 9.97 Å².